The highest BCUT2D eigenvalue weighted by atomic mass is 32.2. The summed E-state index contributed by atoms with van der Waals surface area (Å²) in [6.45, 7) is 9.18. The van der Waals surface area contributed by atoms with Crippen LogP contribution in [0.5, 0.6) is 0 Å². The maximum atomic E-state index is 5.63. The van der Waals surface area contributed by atoms with Crippen molar-refractivity contribution in [3.05, 3.63) is 0 Å². The van der Waals surface area contributed by atoms with Gasteiger partial charge in [0.15, 0.2) is 0 Å². The summed E-state index contributed by atoms with van der Waals surface area (Å²) < 4.78 is 5.63. The van der Waals surface area contributed by atoms with Crippen LogP contribution >= 0.6 is 11.8 Å². The third-order valence-corrected chi connectivity index (χ3v) is 6.27. The van der Waals surface area contributed by atoms with Crippen molar-refractivity contribution in [3.8, 4) is 0 Å². The van der Waals surface area contributed by atoms with Gasteiger partial charge in [0, 0.05) is 49.8 Å². The van der Waals surface area contributed by atoms with Crippen LogP contribution in [0, 0.1) is 0 Å². The van der Waals surface area contributed by atoms with Gasteiger partial charge in [-0.2, -0.15) is 11.8 Å². The van der Waals surface area contributed by atoms with E-state index in [-0.39, 0.29) is 0 Å². The van der Waals surface area contributed by atoms with Gasteiger partial charge < -0.3 is 4.74 Å². The van der Waals surface area contributed by atoms with E-state index < -0.39 is 0 Å². The average molecular weight is 284 g/mol. The Bertz CT molecular complexity index is 287. The van der Waals surface area contributed by atoms with E-state index in [4.69, 9.17) is 4.74 Å². The van der Waals surface area contributed by atoms with Crippen molar-refractivity contribution < 1.29 is 4.74 Å². The zero-order valence-electron chi connectivity index (χ0n) is 12.2. The largest absolute Gasteiger partial charge is 0.376 e. The molecule has 3 atom stereocenters. The number of thioether (sulfide) groups is 1. The molecule has 1 saturated carbocycles. The molecule has 0 aromatic heterocycles. The van der Waals surface area contributed by atoms with Gasteiger partial charge >= 0.3 is 0 Å². The van der Waals surface area contributed by atoms with Gasteiger partial charge in [-0.05, 0) is 19.8 Å². The smallest absolute Gasteiger partial charge is 0.0674 e. The lowest BCUT2D eigenvalue weighted by Gasteiger charge is -2.44. The number of morpholine rings is 1. The van der Waals surface area contributed by atoms with Crippen LogP contribution in [-0.2, 0) is 4.74 Å². The van der Waals surface area contributed by atoms with Crippen LogP contribution in [0.3, 0.4) is 0 Å². The molecular weight excluding hydrogens is 256 g/mol. The van der Waals surface area contributed by atoms with E-state index >= 15 is 0 Å². The van der Waals surface area contributed by atoms with Crippen LogP contribution in [0.4, 0.5) is 0 Å². The van der Waals surface area contributed by atoms with Crippen molar-refractivity contribution in [2.75, 3.05) is 45.1 Å². The lowest BCUT2D eigenvalue weighted by atomic mass is 9.93. The van der Waals surface area contributed by atoms with Crippen LogP contribution in [0.2, 0.25) is 0 Å². The third-order valence-electron chi connectivity index (χ3n) is 4.88. The predicted molar refractivity (Wildman–Crippen MR) is 81.9 cm³/mol. The predicted octanol–water partition coefficient (Wildman–Crippen LogP) is 2.07. The van der Waals surface area contributed by atoms with Crippen molar-refractivity contribution in [1.29, 1.82) is 0 Å². The summed E-state index contributed by atoms with van der Waals surface area (Å²) in [7, 11) is 0. The molecule has 2 saturated heterocycles. The normalized spacial score (nSPS) is 38.1. The van der Waals surface area contributed by atoms with Crippen LogP contribution in [0.25, 0.3) is 0 Å². The highest BCUT2D eigenvalue weighted by Crippen LogP contribution is 2.35. The molecule has 2 aliphatic heterocycles. The Labute approximate surface area is 122 Å². The van der Waals surface area contributed by atoms with Gasteiger partial charge in [0.05, 0.1) is 12.7 Å². The van der Waals surface area contributed by atoms with Crippen molar-refractivity contribution in [2.24, 2.45) is 0 Å². The van der Waals surface area contributed by atoms with E-state index in [0.29, 0.717) is 6.10 Å². The molecule has 0 aromatic carbocycles. The SMILES string of the molecule is C[C@@H]1CN(CCN2CCS[C@@H]3CCCC[C@H]32)CCO1. The molecule has 0 radical (unpaired) electrons. The molecular formula is C15H28N2OS. The fraction of sp³-hybridized carbons (Fsp3) is 1.00. The van der Waals surface area contributed by atoms with E-state index in [0.717, 1.165) is 31.0 Å². The standard InChI is InChI=1S/C15H28N2OS/c1-13-12-16(8-10-18-13)6-7-17-9-11-19-15-5-3-2-4-14(15)17/h13-15H,2-12H2,1H3/t13-,14-,15-/m1/s1. The van der Waals surface area contributed by atoms with Gasteiger partial charge in [0.1, 0.15) is 0 Å². The maximum Gasteiger partial charge on any atom is 0.0674 e. The lowest BCUT2D eigenvalue weighted by Crippen LogP contribution is -2.52. The Balaban J connectivity index is 1.48. The highest BCUT2D eigenvalue weighted by molar-refractivity contribution is 8.00. The van der Waals surface area contributed by atoms with Crippen molar-refractivity contribution in [2.45, 2.75) is 50.0 Å². The fourth-order valence-corrected chi connectivity index (χ4v) is 5.32. The molecule has 0 aromatic rings. The zero-order valence-corrected chi connectivity index (χ0v) is 13.0. The molecule has 3 rings (SSSR count). The average Bonchev–Trinajstić information content (AvgIpc) is 2.45. The molecule has 2 heterocycles. The van der Waals surface area contributed by atoms with Gasteiger partial charge in [0.2, 0.25) is 0 Å². The number of ether oxygens (including phenoxy) is 1. The first-order valence-corrected chi connectivity index (χ1v) is 9.07. The minimum absolute atomic E-state index is 0.424. The molecule has 0 spiro atoms. The molecule has 110 valence electrons. The second-order valence-corrected chi connectivity index (χ2v) is 7.63. The van der Waals surface area contributed by atoms with Crippen LogP contribution in [-0.4, -0.2) is 72.3 Å². The minimum atomic E-state index is 0.424. The minimum Gasteiger partial charge on any atom is -0.376 e. The highest BCUT2D eigenvalue weighted by Gasteiger charge is 2.33. The van der Waals surface area contributed by atoms with Crippen molar-refractivity contribution in [1.82, 2.24) is 9.80 Å². The molecule has 1 aliphatic carbocycles. The van der Waals surface area contributed by atoms with Gasteiger partial charge in [0.25, 0.3) is 0 Å². The fourth-order valence-electron chi connectivity index (χ4n) is 3.82. The number of fused-ring (bicyclic) bond motifs is 1. The Morgan fingerprint density at radius 3 is 2.95 bits per heavy atom. The first-order chi connectivity index (χ1) is 9.33. The number of hydrogen-bond donors (Lipinski definition) is 0. The second kappa shape index (κ2) is 6.79. The lowest BCUT2D eigenvalue weighted by molar-refractivity contribution is -0.0221. The third kappa shape index (κ3) is 3.66. The molecule has 0 amide bonds. The molecule has 3 fully saturated rings. The summed E-state index contributed by atoms with van der Waals surface area (Å²) in [5, 5.41) is 0.936. The summed E-state index contributed by atoms with van der Waals surface area (Å²) in [6, 6.07) is 0.881. The van der Waals surface area contributed by atoms with Gasteiger partial charge in [-0.15, -0.1) is 0 Å². The monoisotopic (exact) mass is 284 g/mol. The number of hydrogen-bond acceptors (Lipinski definition) is 4. The van der Waals surface area contributed by atoms with E-state index in [2.05, 4.69) is 28.5 Å². The molecule has 3 nitrogen and oxygen atoms in total. The Kier molecular flexibility index (Phi) is 5.07. The molecule has 0 bridgehead atoms. The quantitative estimate of drug-likeness (QED) is 0.788. The van der Waals surface area contributed by atoms with E-state index in [9.17, 15) is 0 Å². The zero-order chi connectivity index (χ0) is 13.1. The number of rotatable bonds is 3. The van der Waals surface area contributed by atoms with Gasteiger partial charge in [-0.3, -0.25) is 9.80 Å². The molecule has 3 aliphatic rings. The summed E-state index contributed by atoms with van der Waals surface area (Å²) in [4.78, 5) is 5.38. The first kappa shape index (κ1) is 14.2. The maximum absolute atomic E-state index is 5.63. The van der Waals surface area contributed by atoms with E-state index in [1.54, 1.807) is 0 Å². The first-order valence-electron chi connectivity index (χ1n) is 8.02. The molecule has 19 heavy (non-hydrogen) atoms. The second-order valence-electron chi connectivity index (χ2n) is 6.28. The Morgan fingerprint density at radius 2 is 2.05 bits per heavy atom. The number of nitrogens with zero attached hydrogens (tertiary/aromatic N) is 2. The molecule has 0 N–H and O–H groups in total. The van der Waals surface area contributed by atoms with Crippen LogP contribution in [0.1, 0.15) is 32.6 Å². The topological polar surface area (TPSA) is 15.7 Å². The molecule has 4 heteroatoms. The Morgan fingerprint density at radius 1 is 1.16 bits per heavy atom. The Hall–Kier alpha value is 0.230. The van der Waals surface area contributed by atoms with Crippen LogP contribution in [0.15, 0.2) is 0 Å². The summed E-state index contributed by atoms with van der Waals surface area (Å²) in [5.74, 6) is 1.35. The summed E-state index contributed by atoms with van der Waals surface area (Å²) >= 11 is 2.24. The van der Waals surface area contributed by atoms with Gasteiger partial charge in [-0.1, -0.05) is 12.8 Å². The van der Waals surface area contributed by atoms with E-state index in [1.165, 1.54) is 51.1 Å². The summed E-state index contributed by atoms with van der Waals surface area (Å²) in [5.41, 5.74) is 0. The molecule has 0 unspecified atom stereocenters. The van der Waals surface area contributed by atoms with E-state index in [1.807, 2.05) is 0 Å². The summed E-state index contributed by atoms with van der Waals surface area (Å²) in [6.07, 6.45) is 6.24. The van der Waals surface area contributed by atoms with Crippen molar-refractivity contribution >= 4 is 11.8 Å². The van der Waals surface area contributed by atoms with Crippen LogP contribution < -0.4 is 0 Å². The van der Waals surface area contributed by atoms with Gasteiger partial charge in [-0.25, -0.2) is 0 Å². The van der Waals surface area contributed by atoms with Crippen molar-refractivity contribution in [3.63, 3.8) is 0 Å².